The fourth-order valence-corrected chi connectivity index (χ4v) is 5.29. The van der Waals surface area contributed by atoms with E-state index in [2.05, 4.69) is 45.9 Å². The average molecular weight is 428 g/mol. The summed E-state index contributed by atoms with van der Waals surface area (Å²) < 4.78 is 20.5. The van der Waals surface area contributed by atoms with Crippen LogP contribution in [0.4, 0.5) is 0 Å². The van der Waals surface area contributed by atoms with E-state index >= 15 is 0 Å². The van der Waals surface area contributed by atoms with E-state index in [9.17, 15) is 0 Å². The lowest BCUT2D eigenvalue weighted by Crippen LogP contribution is -2.27. The highest BCUT2D eigenvalue weighted by molar-refractivity contribution is 6.28. The minimum absolute atomic E-state index is 0.0487. The Balaban J connectivity index is 1.60. The summed E-state index contributed by atoms with van der Waals surface area (Å²) in [4.78, 5) is 8.83. The summed E-state index contributed by atoms with van der Waals surface area (Å²) in [6.45, 7) is 8.01. The summed E-state index contributed by atoms with van der Waals surface area (Å²) in [5.41, 5.74) is 4.10. The smallest absolute Gasteiger partial charge is 0.224 e. The number of aryl methyl sites for hydroxylation is 2. The number of methoxy groups -OCH3 is 1. The molecule has 158 valence electrons. The van der Waals surface area contributed by atoms with Crippen molar-refractivity contribution in [3.63, 3.8) is 0 Å². The predicted octanol–water partition coefficient (Wildman–Crippen LogP) is 4.96. The van der Waals surface area contributed by atoms with Crippen molar-refractivity contribution in [2.75, 3.05) is 7.11 Å². The first-order chi connectivity index (χ1) is 14.3. The van der Waals surface area contributed by atoms with Gasteiger partial charge in [0.05, 0.1) is 24.9 Å². The molecule has 0 amide bonds. The zero-order chi connectivity index (χ0) is 21.2. The first-order valence-corrected chi connectivity index (χ1v) is 10.7. The number of benzene rings is 1. The lowest BCUT2D eigenvalue weighted by molar-refractivity contribution is -0.157. The second kappa shape index (κ2) is 6.94. The van der Waals surface area contributed by atoms with E-state index in [1.165, 1.54) is 11.1 Å². The molecule has 3 heterocycles. The number of halogens is 1. The van der Waals surface area contributed by atoms with Gasteiger partial charge in [-0.25, -0.2) is 4.98 Å². The quantitative estimate of drug-likeness (QED) is 0.553. The Morgan fingerprint density at radius 3 is 2.67 bits per heavy atom. The Morgan fingerprint density at radius 2 is 1.90 bits per heavy atom. The van der Waals surface area contributed by atoms with Crippen LogP contribution < -0.4 is 4.74 Å². The highest BCUT2D eigenvalue weighted by Crippen LogP contribution is 2.51. The zero-order valence-electron chi connectivity index (χ0n) is 17.8. The molecule has 4 atom stereocenters. The van der Waals surface area contributed by atoms with Crippen LogP contribution in [0.3, 0.4) is 0 Å². The Bertz CT molecular complexity index is 1130. The number of hydrogen-bond donors (Lipinski definition) is 0. The Kier molecular flexibility index (Phi) is 4.58. The molecule has 2 fully saturated rings. The molecule has 0 radical (unpaired) electrons. The molecule has 0 unspecified atom stereocenters. The number of aromatic nitrogens is 3. The maximum atomic E-state index is 6.41. The second-order valence-electron chi connectivity index (χ2n) is 8.80. The van der Waals surface area contributed by atoms with Crippen LogP contribution in [0, 0.1) is 13.8 Å². The van der Waals surface area contributed by atoms with Gasteiger partial charge in [0.15, 0.2) is 5.79 Å². The first-order valence-electron chi connectivity index (χ1n) is 10.3. The van der Waals surface area contributed by atoms with Crippen molar-refractivity contribution in [2.24, 2.45) is 0 Å². The highest BCUT2D eigenvalue weighted by Gasteiger charge is 2.55. The third kappa shape index (κ3) is 3.18. The van der Waals surface area contributed by atoms with Crippen molar-refractivity contribution < 1.29 is 14.2 Å². The molecule has 30 heavy (non-hydrogen) atoms. The van der Waals surface area contributed by atoms with E-state index in [0.717, 1.165) is 28.9 Å². The van der Waals surface area contributed by atoms with Crippen molar-refractivity contribution in [3.05, 3.63) is 52.6 Å². The maximum Gasteiger partial charge on any atom is 0.224 e. The molecular weight excluding hydrogens is 402 g/mol. The van der Waals surface area contributed by atoms with Gasteiger partial charge in [0.1, 0.15) is 17.5 Å². The minimum Gasteiger partial charge on any atom is -0.497 e. The minimum atomic E-state index is -0.633. The maximum absolute atomic E-state index is 6.41. The molecule has 3 aromatic rings. The number of hydrogen-bond acceptors (Lipinski definition) is 5. The van der Waals surface area contributed by atoms with Gasteiger partial charge in [-0.15, -0.1) is 0 Å². The van der Waals surface area contributed by atoms with Crippen LogP contribution in [0.25, 0.3) is 11.0 Å². The summed E-state index contributed by atoms with van der Waals surface area (Å²) in [5.74, 6) is 0.419. The van der Waals surface area contributed by atoms with Crippen LogP contribution in [-0.4, -0.2) is 39.6 Å². The van der Waals surface area contributed by atoms with E-state index in [1.54, 1.807) is 7.11 Å². The van der Waals surface area contributed by atoms with Crippen LogP contribution >= 0.6 is 11.6 Å². The number of ether oxygens (including phenoxy) is 3. The number of fused-ring (bicyclic) bond motifs is 2. The van der Waals surface area contributed by atoms with Gasteiger partial charge in [0.25, 0.3) is 0 Å². The largest absolute Gasteiger partial charge is 0.497 e. The Morgan fingerprint density at radius 1 is 1.13 bits per heavy atom. The predicted molar refractivity (Wildman–Crippen MR) is 115 cm³/mol. The van der Waals surface area contributed by atoms with Crippen LogP contribution in [0.1, 0.15) is 49.0 Å². The van der Waals surface area contributed by atoms with Crippen molar-refractivity contribution >= 4 is 22.6 Å². The molecule has 1 aliphatic heterocycles. The van der Waals surface area contributed by atoms with Gasteiger partial charge in [0.2, 0.25) is 5.28 Å². The first kappa shape index (κ1) is 19.8. The normalized spacial score (nSPS) is 27.5. The lowest BCUT2D eigenvalue weighted by Gasteiger charge is -2.25. The van der Waals surface area contributed by atoms with Gasteiger partial charge >= 0.3 is 0 Å². The second-order valence-corrected chi connectivity index (χ2v) is 9.13. The summed E-state index contributed by atoms with van der Waals surface area (Å²) in [5, 5.41) is 1.27. The molecule has 0 spiro atoms. The SMILES string of the molecule is COc1cc(C)cc([C@H]2C[C@@H](n3ccc4c(C)nc(Cl)nc43)[C@@H]3OC(C)(C)O[C@@H]32)c1. The third-order valence-electron chi connectivity index (χ3n) is 6.26. The molecule has 6 nitrogen and oxygen atoms in total. The Hall–Kier alpha value is -2.15. The third-order valence-corrected chi connectivity index (χ3v) is 6.43. The van der Waals surface area contributed by atoms with Crippen LogP contribution in [0.5, 0.6) is 5.75 Å². The van der Waals surface area contributed by atoms with Gasteiger partial charge in [0, 0.05) is 17.5 Å². The molecule has 0 bridgehead atoms. The molecule has 1 saturated carbocycles. The molecule has 2 aliphatic rings. The van der Waals surface area contributed by atoms with Gasteiger partial charge in [-0.1, -0.05) is 6.07 Å². The molecule has 2 aromatic heterocycles. The fourth-order valence-electron chi connectivity index (χ4n) is 5.08. The fraction of sp³-hybridized carbons (Fsp3) is 0.478. The molecule has 5 rings (SSSR count). The van der Waals surface area contributed by atoms with Gasteiger partial charge in [-0.3, -0.25) is 0 Å². The molecule has 1 aliphatic carbocycles. The van der Waals surface area contributed by atoms with Crippen LogP contribution in [-0.2, 0) is 9.47 Å². The van der Waals surface area contributed by atoms with Gasteiger partial charge < -0.3 is 18.8 Å². The highest BCUT2D eigenvalue weighted by atomic mass is 35.5. The summed E-state index contributed by atoms with van der Waals surface area (Å²) in [6.07, 6.45) is 2.81. The molecule has 0 N–H and O–H groups in total. The van der Waals surface area contributed by atoms with Crippen LogP contribution in [0.2, 0.25) is 5.28 Å². The van der Waals surface area contributed by atoms with Crippen molar-refractivity contribution in [3.8, 4) is 5.75 Å². The lowest BCUT2D eigenvalue weighted by atomic mass is 9.93. The topological polar surface area (TPSA) is 58.4 Å². The van der Waals surface area contributed by atoms with E-state index < -0.39 is 5.79 Å². The standard InChI is InChI=1S/C23H26ClN3O3/c1-12-8-14(10-15(9-12)28-5)17-11-18(20-19(17)29-23(3,4)30-20)27-7-6-16-13(2)25-22(24)26-21(16)27/h6-10,17-20H,11H2,1-5H3/t17-,18-,19-,20+/m1/s1. The van der Waals surface area contributed by atoms with Gasteiger partial charge in [-0.05, 0) is 75.0 Å². The molecular formula is C23H26ClN3O3. The summed E-state index contributed by atoms with van der Waals surface area (Å²) in [7, 11) is 1.70. The average Bonchev–Trinajstić information content (AvgIpc) is 3.31. The number of rotatable bonds is 3. The number of nitrogens with zero attached hydrogens (tertiary/aromatic N) is 3. The molecule has 7 heteroatoms. The van der Waals surface area contributed by atoms with E-state index in [-0.39, 0.29) is 29.5 Å². The van der Waals surface area contributed by atoms with Crippen molar-refractivity contribution in [1.82, 2.24) is 14.5 Å². The van der Waals surface area contributed by atoms with Crippen molar-refractivity contribution in [1.29, 1.82) is 0 Å². The molecule has 1 saturated heterocycles. The van der Waals surface area contributed by atoms with Crippen LogP contribution in [0.15, 0.2) is 30.5 Å². The van der Waals surface area contributed by atoms with Crippen molar-refractivity contribution in [2.45, 2.75) is 64.1 Å². The Labute approximate surface area is 181 Å². The summed E-state index contributed by atoms with van der Waals surface area (Å²) in [6, 6.07) is 8.52. The van der Waals surface area contributed by atoms with E-state index in [4.69, 9.17) is 25.8 Å². The summed E-state index contributed by atoms with van der Waals surface area (Å²) >= 11 is 6.19. The van der Waals surface area contributed by atoms with Gasteiger partial charge in [-0.2, -0.15) is 4.98 Å². The monoisotopic (exact) mass is 427 g/mol. The zero-order valence-corrected chi connectivity index (χ0v) is 18.6. The van der Waals surface area contributed by atoms with E-state index in [0.29, 0.717) is 0 Å². The molecule has 1 aromatic carbocycles. The van der Waals surface area contributed by atoms with E-state index in [1.807, 2.05) is 26.8 Å².